The molecule has 0 aromatic heterocycles. The molecule has 7 rings (SSSR count). The Labute approximate surface area is 427 Å². The van der Waals surface area contributed by atoms with Gasteiger partial charge in [0.15, 0.2) is 0 Å². The number of carbonyl (C=O) groups excluding carboxylic acids is 5. The normalized spacial score (nSPS) is 14.2. The molecule has 1 aliphatic heterocycles. The maximum absolute atomic E-state index is 13.2. The number of piperidine rings is 1. The molecule has 1 fully saturated rings. The summed E-state index contributed by atoms with van der Waals surface area (Å²) in [5.74, 6) is -1.42. The van der Waals surface area contributed by atoms with Crippen molar-refractivity contribution in [3.05, 3.63) is 161 Å². The summed E-state index contributed by atoms with van der Waals surface area (Å²) >= 11 is 0. The van der Waals surface area contributed by atoms with E-state index >= 15 is 0 Å². The van der Waals surface area contributed by atoms with Gasteiger partial charge >= 0.3 is 29.8 Å². The quantitative estimate of drug-likeness (QED) is 0.0360. The Morgan fingerprint density at radius 1 is 0.425 bits per heavy atom. The van der Waals surface area contributed by atoms with Crippen LogP contribution in [0.1, 0.15) is 163 Å². The first-order valence-corrected chi connectivity index (χ1v) is 25.2. The van der Waals surface area contributed by atoms with Crippen LogP contribution in [0.5, 0.6) is 28.7 Å². The fourth-order valence-corrected chi connectivity index (χ4v) is 9.00. The van der Waals surface area contributed by atoms with E-state index in [1.807, 2.05) is 27.7 Å². The summed E-state index contributed by atoms with van der Waals surface area (Å²) in [6, 6.07) is 34.7. The van der Waals surface area contributed by atoms with Crippen molar-refractivity contribution in [2.75, 3.05) is 6.61 Å². The van der Waals surface area contributed by atoms with Gasteiger partial charge in [-0.25, -0.2) is 24.0 Å². The van der Waals surface area contributed by atoms with Crippen LogP contribution in [-0.4, -0.2) is 58.7 Å². The van der Waals surface area contributed by atoms with Crippen molar-refractivity contribution in [1.29, 1.82) is 0 Å². The SMILES string of the molecule is CCCCCCCCCCCCOc1ccc(C(=O)Oc2ccc(C(=O)Oc3ccc(C(=O)Oc4ccc5ccc(C(=O)Oc6ccc(C(=O)OC7CC(C)(C)N([O])C(C)(C)C7)cc6)cc5c4)cc3)cc2)cc1. The number of hydroxylamine groups is 2. The van der Waals surface area contributed by atoms with E-state index in [4.69, 9.17) is 28.4 Å². The lowest BCUT2D eigenvalue weighted by atomic mass is 9.80. The third-order valence-corrected chi connectivity index (χ3v) is 12.8. The molecule has 73 heavy (non-hydrogen) atoms. The molecule has 0 aliphatic carbocycles. The van der Waals surface area contributed by atoms with Gasteiger partial charge in [0.25, 0.3) is 0 Å². The molecule has 0 atom stereocenters. The number of benzene rings is 6. The molecule has 0 unspecified atom stereocenters. The lowest BCUT2D eigenvalue weighted by Crippen LogP contribution is -2.60. The highest BCUT2D eigenvalue weighted by molar-refractivity contribution is 5.98. The predicted octanol–water partition coefficient (Wildman–Crippen LogP) is 13.5. The zero-order valence-corrected chi connectivity index (χ0v) is 42.3. The number of hydrogen-bond acceptors (Lipinski definition) is 12. The Balaban J connectivity index is 0.836. The van der Waals surface area contributed by atoms with Gasteiger partial charge in [-0.2, -0.15) is 0 Å². The van der Waals surface area contributed by atoms with Crippen LogP contribution in [0.3, 0.4) is 0 Å². The number of nitrogens with zero attached hydrogens (tertiary/aromatic N) is 1. The van der Waals surface area contributed by atoms with E-state index in [1.165, 1.54) is 124 Å². The van der Waals surface area contributed by atoms with Gasteiger partial charge in [-0.15, -0.1) is 10.3 Å². The summed E-state index contributed by atoms with van der Waals surface area (Å²) in [5, 5.41) is 15.2. The van der Waals surface area contributed by atoms with Gasteiger partial charge in [-0.3, -0.25) is 0 Å². The minimum atomic E-state index is -0.687. The maximum Gasteiger partial charge on any atom is 0.343 e. The smallest absolute Gasteiger partial charge is 0.343 e. The van der Waals surface area contributed by atoms with Gasteiger partial charge in [0.2, 0.25) is 0 Å². The van der Waals surface area contributed by atoms with Crippen LogP contribution in [0, 0.1) is 0 Å². The van der Waals surface area contributed by atoms with Crippen molar-refractivity contribution >= 4 is 40.6 Å². The van der Waals surface area contributed by atoms with Crippen LogP contribution in [0.25, 0.3) is 10.8 Å². The number of ether oxygens (including phenoxy) is 6. The molecule has 1 heterocycles. The monoisotopic (exact) mass is 990 g/mol. The summed E-state index contributed by atoms with van der Waals surface area (Å²) in [5.41, 5.74) is -0.0605. The van der Waals surface area contributed by atoms with E-state index in [0.29, 0.717) is 36.1 Å². The van der Waals surface area contributed by atoms with Crippen LogP contribution < -0.4 is 23.7 Å². The Morgan fingerprint density at radius 3 is 1.25 bits per heavy atom. The molecule has 6 aromatic carbocycles. The maximum atomic E-state index is 13.2. The van der Waals surface area contributed by atoms with Crippen molar-refractivity contribution in [2.45, 2.75) is 129 Å². The Kier molecular flexibility index (Phi) is 18.2. The molecule has 1 radical (unpaired) electrons. The predicted molar refractivity (Wildman–Crippen MR) is 276 cm³/mol. The van der Waals surface area contributed by atoms with Crippen molar-refractivity contribution < 1.29 is 57.6 Å². The molecule has 13 heteroatoms. The molecule has 0 amide bonds. The van der Waals surface area contributed by atoms with Gasteiger partial charge in [0, 0.05) is 23.9 Å². The summed E-state index contributed by atoms with van der Waals surface area (Å²) < 4.78 is 33.9. The molecule has 381 valence electrons. The lowest BCUT2D eigenvalue weighted by Gasteiger charge is -2.49. The van der Waals surface area contributed by atoms with Crippen molar-refractivity contribution in [1.82, 2.24) is 5.06 Å². The van der Waals surface area contributed by atoms with E-state index in [0.717, 1.165) is 23.3 Å². The van der Waals surface area contributed by atoms with Crippen LogP contribution in [-0.2, 0) is 9.94 Å². The standard InChI is InChI=1S/C60H64NO12/c1-6-7-8-9-10-11-12-13-14-15-36-68-48-27-19-42(20-28-48)54(62)69-49-29-21-43(22-30-49)55(63)70-50-31-23-44(24-32-50)56(64)72-52-35-18-41-16-17-46(37-47(41)38-52)58(66)71-51-33-25-45(26-34-51)57(65)73-53-39-59(2,3)61(67)60(4,5)40-53/h16-35,37-38,53H,6-15,36,39-40H2,1-5H3. The summed E-state index contributed by atoms with van der Waals surface area (Å²) in [7, 11) is 0. The summed E-state index contributed by atoms with van der Waals surface area (Å²) in [6.07, 6.45) is 12.9. The molecule has 0 saturated carbocycles. The fraction of sp³-hybridized carbons (Fsp3) is 0.350. The second-order valence-corrected chi connectivity index (χ2v) is 19.8. The highest BCUT2D eigenvalue weighted by Gasteiger charge is 2.47. The minimum Gasteiger partial charge on any atom is -0.494 e. The molecule has 1 saturated heterocycles. The van der Waals surface area contributed by atoms with Gasteiger partial charge in [0.05, 0.1) is 34.4 Å². The average molecular weight is 991 g/mol. The molecule has 6 aromatic rings. The summed E-state index contributed by atoms with van der Waals surface area (Å²) in [6.45, 7) is 10.2. The zero-order valence-electron chi connectivity index (χ0n) is 42.3. The molecule has 0 bridgehead atoms. The Morgan fingerprint density at radius 2 is 0.781 bits per heavy atom. The first kappa shape index (κ1) is 53.4. The topological polar surface area (TPSA) is 164 Å². The third kappa shape index (κ3) is 15.1. The van der Waals surface area contributed by atoms with Crippen LogP contribution in [0.4, 0.5) is 0 Å². The summed E-state index contributed by atoms with van der Waals surface area (Å²) in [4.78, 5) is 65.1. The van der Waals surface area contributed by atoms with E-state index in [9.17, 15) is 29.2 Å². The molecule has 1 aliphatic rings. The van der Waals surface area contributed by atoms with E-state index < -0.39 is 47.0 Å². The fourth-order valence-electron chi connectivity index (χ4n) is 9.00. The number of esters is 5. The Bertz CT molecular complexity index is 2820. The first-order chi connectivity index (χ1) is 35.1. The lowest BCUT2D eigenvalue weighted by molar-refractivity contribution is -0.298. The largest absolute Gasteiger partial charge is 0.494 e. The highest BCUT2D eigenvalue weighted by Crippen LogP contribution is 2.38. The van der Waals surface area contributed by atoms with Gasteiger partial charge in [-0.1, -0.05) is 76.8 Å². The Hall–Kier alpha value is -7.35. The van der Waals surface area contributed by atoms with E-state index in [2.05, 4.69) is 6.92 Å². The van der Waals surface area contributed by atoms with Crippen LogP contribution in [0.2, 0.25) is 0 Å². The minimum absolute atomic E-state index is 0.193. The number of carbonyl (C=O) groups is 5. The average Bonchev–Trinajstić information content (AvgIpc) is 3.37. The number of hydrogen-bond donors (Lipinski definition) is 0. The van der Waals surface area contributed by atoms with Crippen LogP contribution >= 0.6 is 0 Å². The molecular weight excluding hydrogens is 927 g/mol. The number of unbranched alkanes of at least 4 members (excludes halogenated alkanes) is 9. The molecular formula is C60H64NO12. The molecule has 0 spiro atoms. The number of rotatable bonds is 22. The van der Waals surface area contributed by atoms with Gasteiger partial charge < -0.3 is 28.4 Å². The highest BCUT2D eigenvalue weighted by atomic mass is 16.6. The van der Waals surface area contributed by atoms with E-state index in [1.54, 1.807) is 60.7 Å². The van der Waals surface area contributed by atoms with Gasteiger partial charge in [-0.05, 0) is 166 Å². The second kappa shape index (κ2) is 24.9. The molecule has 0 N–H and O–H groups in total. The van der Waals surface area contributed by atoms with Crippen LogP contribution in [0.15, 0.2) is 133 Å². The van der Waals surface area contributed by atoms with Crippen molar-refractivity contribution in [2.24, 2.45) is 0 Å². The third-order valence-electron chi connectivity index (χ3n) is 12.8. The van der Waals surface area contributed by atoms with Crippen molar-refractivity contribution in [3.8, 4) is 28.7 Å². The van der Waals surface area contributed by atoms with Crippen molar-refractivity contribution in [3.63, 3.8) is 0 Å². The second-order valence-electron chi connectivity index (χ2n) is 19.8. The van der Waals surface area contributed by atoms with E-state index in [-0.39, 0.29) is 45.3 Å². The first-order valence-electron chi connectivity index (χ1n) is 25.2. The number of fused-ring (bicyclic) bond motifs is 1. The molecule has 13 nitrogen and oxygen atoms in total. The zero-order chi connectivity index (χ0) is 52.0. The van der Waals surface area contributed by atoms with Gasteiger partial charge in [0.1, 0.15) is 34.9 Å².